The Balaban J connectivity index is 0.851. The normalized spacial score (nSPS) is 16.6. The van der Waals surface area contributed by atoms with Crippen molar-refractivity contribution in [1.29, 1.82) is 0 Å². The van der Waals surface area contributed by atoms with Crippen molar-refractivity contribution in [2.45, 2.75) is 29.1 Å². The van der Waals surface area contributed by atoms with Gasteiger partial charge in [0.15, 0.2) is 46.5 Å². The lowest BCUT2D eigenvalue weighted by atomic mass is 9.68. The lowest BCUT2D eigenvalue weighted by Crippen LogP contribution is -2.34. The van der Waals surface area contributed by atoms with Crippen LogP contribution in [-0.2, 0) is 29.1 Å². The molecule has 18 rings (SSSR count). The first-order chi connectivity index (χ1) is 51.1. The van der Waals surface area contributed by atoms with Crippen LogP contribution in [-0.4, -0.2) is 0 Å². The maximum Gasteiger partial charge on any atom is 0.200 e. The number of hydrogen-bond donors (Lipinski definition) is 0. The summed E-state index contributed by atoms with van der Waals surface area (Å²) in [6.07, 6.45) is 2.87. The second kappa shape index (κ2) is 24.3. The zero-order valence-electron chi connectivity index (χ0n) is 55.7. The van der Waals surface area contributed by atoms with E-state index in [2.05, 4.69) is 61.7 Å². The molecule has 0 aromatic heterocycles. The van der Waals surface area contributed by atoms with Gasteiger partial charge in [0, 0.05) is 45.3 Å². The van der Waals surface area contributed by atoms with E-state index in [-0.39, 0.29) is 12.8 Å². The van der Waals surface area contributed by atoms with E-state index in [0.717, 1.165) is 55.6 Å². The molecule has 105 heavy (non-hydrogen) atoms. The smallest absolute Gasteiger partial charge is 0.200 e. The highest BCUT2D eigenvalue weighted by molar-refractivity contribution is 5.99. The van der Waals surface area contributed by atoms with Crippen LogP contribution in [0, 0.1) is 58.2 Å². The van der Waals surface area contributed by atoms with Gasteiger partial charge in [0.05, 0.1) is 16.2 Å². The molecular weight excluding hydrogens is 1340 g/mol. The topological polar surface area (TPSA) is 6.48 Å². The molecule has 4 aliphatic rings. The van der Waals surface area contributed by atoms with Crippen LogP contribution < -0.4 is 9.80 Å². The van der Waals surface area contributed by atoms with E-state index < -0.39 is 85.5 Å². The van der Waals surface area contributed by atoms with Crippen LogP contribution >= 0.6 is 0 Å². The van der Waals surface area contributed by atoms with Gasteiger partial charge >= 0.3 is 0 Å². The Kier molecular flexibility index (Phi) is 14.9. The van der Waals surface area contributed by atoms with Gasteiger partial charge < -0.3 is 9.80 Å². The molecule has 2 nitrogen and oxygen atoms in total. The van der Waals surface area contributed by atoms with Gasteiger partial charge in [-0.15, -0.1) is 0 Å². The molecule has 0 bridgehead atoms. The average molecular weight is 1390 g/mol. The largest absolute Gasteiger partial charge is 0.310 e. The zero-order chi connectivity index (χ0) is 71.9. The van der Waals surface area contributed by atoms with Gasteiger partial charge in [0.25, 0.3) is 0 Å². The Bertz CT molecular complexity index is 5570. The molecule has 4 aliphatic carbocycles. The number of benzene rings is 14. The molecule has 1 spiro atoms. The summed E-state index contributed by atoms with van der Waals surface area (Å²) in [6, 6.07) is 87.5. The van der Waals surface area contributed by atoms with Crippen LogP contribution in [0.15, 0.2) is 292 Å². The number of halogens is 10. The number of hydrogen-bond acceptors (Lipinski definition) is 2. The number of anilines is 6. The zero-order valence-corrected chi connectivity index (χ0v) is 55.7. The Morgan fingerprint density at radius 2 is 0.495 bits per heavy atom. The summed E-state index contributed by atoms with van der Waals surface area (Å²) in [5.74, 6) is -20.5. The van der Waals surface area contributed by atoms with E-state index in [1.807, 2.05) is 143 Å². The first-order valence-corrected chi connectivity index (χ1v) is 34.3. The second-order valence-corrected chi connectivity index (χ2v) is 27.1. The molecule has 0 N–H and O–H groups in total. The third-order valence-electron chi connectivity index (χ3n) is 22.0. The molecule has 2 atom stereocenters. The summed E-state index contributed by atoms with van der Waals surface area (Å²) in [5.41, 5.74) is 10.3. The third-order valence-corrected chi connectivity index (χ3v) is 22.0. The highest BCUT2D eigenvalue weighted by atomic mass is 19.2. The monoisotopic (exact) mass is 1390 g/mol. The molecule has 0 radical (unpaired) electrons. The summed E-state index contributed by atoms with van der Waals surface area (Å²) < 4.78 is 164. The highest BCUT2D eigenvalue weighted by Crippen LogP contribution is 2.66. The molecule has 0 aliphatic heterocycles. The van der Waals surface area contributed by atoms with E-state index in [0.29, 0.717) is 89.8 Å². The molecule has 0 fully saturated rings. The lowest BCUT2D eigenvalue weighted by Gasteiger charge is -2.36. The Morgan fingerprint density at radius 3 is 0.819 bits per heavy atom. The predicted molar refractivity (Wildman–Crippen MR) is 396 cm³/mol. The third kappa shape index (κ3) is 9.24. The van der Waals surface area contributed by atoms with Gasteiger partial charge in [-0.1, -0.05) is 232 Å². The Morgan fingerprint density at radius 1 is 0.238 bits per heavy atom. The minimum absolute atomic E-state index is 0.213. The summed E-state index contributed by atoms with van der Waals surface area (Å²) >= 11 is 0. The van der Waals surface area contributed by atoms with Gasteiger partial charge in [-0.25, -0.2) is 43.9 Å². The van der Waals surface area contributed by atoms with Crippen molar-refractivity contribution in [3.8, 4) is 44.5 Å². The van der Waals surface area contributed by atoms with Crippen molar-refractivity contribution < 1.29 is 43.9 Å². The maximum atomic E-state index is 17.3. The quantitative estimate of drug-likeness (QED) is 0.0608. The molecule has 12 heteroatoms. The molecule has 14 aromatic rings. The van der Waals surface area contributed by atoms with Crippen LogP contribution in [0.25, 0.3) is 56.7 Å². The fraction of sp³-hybridized carbons (Fsp3) is 0.0538. The standard InChI is InChI=1S/C93H56F10N2/c1-3-53-31-35-55(36-32-53)51-91(79-81(94)85(98)89(102)86(99)82(79)95)71-27-15-11-23-63(71)67-43-39-59(47-75(67)91)104(57-19-7-5-8-20-57)61-41-45-69-65-25-13-17-29-73(65)93(77(69)49-61)74-30-18-14-26-66(74)70-46-42-62(50-78(70)93)105(58-21-9-6-10-22-58)60-40-44-68-64-24-12-16-28-72(64)92(76(68)48-60,52-56-37-33-54(4-2)34-38-56)80-83(96)87(100)90(103)88(101)84(80)97/h3-50H,1-2,51-52H2. The SMILES string of the molecule is C=Cc1ccc(CC2(c3c(F)c(F)c(F)c(F)c3F)c3ccccc3-c3ccc(N(c4ccccc4)c4ccc5c(c4)C4(c6ccccc6-5)c5ccccc5-c5ccc(N(c6ccccc6)c6ccc7c(c6)C(Cc6ccc(C=C)cc6)(c6c(F)c(F)c(F)c(F)c6F)c6ccccc6-7)cc54)cc32)cc1. The first kappa shape index (κ1) is 64.6. The maximum absolute atomic E-state index is 17.3. The second-order valence-electron chi connectivity index (χ2n) is 27.1. The number of rotatable bonds is 14. The summed E-state index contributed by atoms with van der Waals surface area (Å²) in [4.78, 5) is 4.07. The van der Waals surface area contributed by atoms with E-state index >= 15 is 43.9 Å². The number of para-hydroxylation sites is 2. The van der Waals surface area contributed by atoms with Crippen molar-refractivity contribution in [3.63, 3.8) is 0 Å². The fourth-order valence-corrected chi connectivity index (χ4v) is 17.6. The summed E-state index contributed by atoms with van der Waals surface area (Å²) in [6.45, 7) is 7.79. The van der Waals surface area contributed by atoms with E-state index in [1.54, 1.807) is 109 Å². The van der Waals surface area contributed by atoms with E-state index in [4.69, 9.17) is 0 Å². The molecule has 0 saturated heterocycles. The fourth-order valence-electron chi connectivity index (χ4n) is 17.6. The first-order valence-electron chi connectivity index (χ1n) is 34.3. The summed E-state index contributed by atoms with van der Waals surface area (Å²) in [7, 11) is 0. The minimum atomic E-state index is -2.26. The number of nitrogens with zero attached hydrogens (tertiary/aromatic N) is 2. The van der Waals surface area contributed by atoms with Gasteiger partial charge in [0.2, 0.25) is 11.6 Å². The van der Waals surface area contributed by atoms with Crippen molar-refractivity contribution in [2.75, 3.05) is 9.80 Å². The van der Waals surface area contributed by atoms with Crippen LogP contribution in [0.5, 0.6) is 0 Å². The molecule has 14 aromatic carbocycles. The minimum Gasteiger partial charge on any atom is -0.310 e. The Hall–Kier alpha value is -12.5. The molecule has 0 amide bonds. The van der Waals surface area contributed by atoms with Crippen molar-refractivity contribution >= 4 is 46.3 Å². The van der Waals surface area contributed by atoms with Crippen LogP contribution in [0.1, 0.15) is 77.9 Å². The summed E-state index contributed by atoms with van der Waals surface area (Å²) in [5, 5.41) is 0. The van der Waals surface area contributed by atoms with Gasteiger partial charge in [0.1, 0.15) is 0 Å². The van der Waals surface area contributed by atoms with Gasteiger partial charge in [-0.2, -0.15) is 0 Å². The molecule has 2 unspecified atom stereocenters. The van der Waals surface area contributed by atoms with Gasteiger partial charge in [-0.05, 0) is 197 Å². The average Bonchev–Trinajstić information content (AvgIpc) is 1.53. The van der Waals surface area contributed by atoms with E-state index in [1.165, 1.54) is 0 Å². The molecule has 0 saturated carbocycles. The van der Waals surface area contributed by atoms with Crippen LogP contribution in [0.2, 0.25) is 0 Å². The van der Waals surface area contributed by atoms with Crippen molar-refractivity contribution in [2.24, 2.45) is 0 Å². The number of fused-ring (bicyclic) bond motifs is 16. The Labute approximate surface area is 598 Å². The molecule has 508 valence electrons. The molecular formula is C93H56F10N2. The van der Waals surface area contributed by atoms with Gasteiger partial charge in [-0.3, -0.25) is 0 Å². The molecule has 0 heterocycles. The van der Waals surface area contributed by atoms with Crippen molar-refractivity contribution in [3.05, 3.63) is 428 Å². The highest BCUT2D eigenvalue weighted by Gasteiger charge is 2.55. The van der Waals surface area contributed by atoms with Crippen molar-refractivity contribution in [1.82, 2.24) is 0 Å². The lowest BCUT2D eigenvalue weighted by molar-refractivity contribution is 0.357. The van der Waals surface area contributed by atoms with E-state index in [9.17, 15) is 0 Å². The van der Waals surface area contributed by atoms with Crippen LogP contribution in [0.4, 0.5) is 78.0 Å². The predicted octanol–water partition coefficient (Wildman–Crippen LogP) is 24.8. The van der Waals surface area contributed by atoms with Crippen LogP contribution in [0.3, 0.4) is 0 Å².